The van der Waals surface area contributed by atoms with Gasteiger partial charge in [0.1, 0.15) is 6.54 Å². The van der Waals surface area contributed by atoms with Crippen molar-refractivity contribution < 1.29 is 4.79 Å². The number of nitrogens with one attached hydrogen (secondary N) is 1. The van der Waals surface area contributed by atoms with Crippen LogP contribution in [0.3, 0.4) is 0 Å². The summed E-state index contributed by atoms with van der Waals surface area (Å²) in [7, 11) is 7.38. The van der Waals surface area contributed by atoms with Crippen molar-refractivity contribution in [2.45, 2.75) is 6.54 Å². The molecule has 0 aliphatic heterocycles. The standard InChI is InChI=1S/C15H24BrN5O.HI/c1-6-7-17-15(18-9-14(22)19(2)3)21(5)11-13-8-12(16)10-20(13)4;/h6,8,10H,1,7,9,11H2,2-5H3,(H,17,18);1H. The first-order chi connectivity index (χ1) is 10.3. The molecule has 1 amide bonds. The maximum atomic E-state index is 11.7. The fourth-order valence-electron chi connectivity index (χ4n) is 1.80. The average Bonchev–Trinajstić information content (AvgIpc) is 2.76. The molecule has 0 fully saturated rings. The number of halogens is 2. The number of aryl methyl sites for hydroxylation is 1. The number of carbonyl (C=O) groups excluding carboxylic acids is 1. The number of guanidine groups is 1. The highest BCUT2D eigenvalue weighted by Gasteiger charge is 2.11. The minimum Gasteiger partial charge on any atom is -0.353 e. The number of aliphatic imine (C=N–C) groups is 1. The summed E-state index contributed by atoms with van der Waals surface area (Å²) in [6, 6.07) is 2.06. The van der Waals surface area contributed by atoms with Crippen molar-refractivity contribution in [3.05, 3.63) is 35.1 Å². The first-order valence-corrected chi connectivity index (χ1v) is 7.75. The third-order valence-corrected chi connectivity index (χ3v) is 3.54. The Morgan fingerprint density at radius 2 is 2.13 bits per heavy atom. The Kier molecular flexibility index (Phi) is 10.2. The van der Waals surface area contributed by atoms with E-state index in [0.29, 0.717) is 19.0 Å². The predicted octanol–water partition coefficient (Wildman–Crippen LogP) is 2.06. The van der Waals surface area contributed by atoms with E-state index in [9.17, 15) is 4.79 Å². The Bertz CT molecular complexity index is 556. The number of hydrogen-bond donors (Lipinski definition) is 1. The second-order valence-electron chi connectivity index (χ2n) is 5.21. The van der Waals surface area contributed by atoms with E-state index in [2.05, 4.69) is 43.5 Å². The molecule has 6 nitrogen and oxygen atoms in total. The fraction of sp³-hybridized carbons (Fsp3) is 0.467. The van der Waals surface area contributed by atoms with Crippen LogP contribution in [0.4, 0.5) is 0 Å². The minimum atomic E-state index is -0.0343. The maximum Gasteiger partial charge on any atom is 0.243 e. The van der Waals surface area contributed by atoms with E-state index >= 15 is 0 Å². The van der Waals surface area contributed by atoms with Crippen LogP contribution in [0.2, 0.25) is 0 Å². The number of hydrogen-bond acceptors (Lipinski definition) is 2. The number of carbonyl (C=O) groups is 1. The van der Waals surface area contributed by atoms with Gasteiger partial charge in [-0.2, -0.15) is 0 Å². The highest BCUT2D eigenvalue weighted by atomic mass is 127. The fourth-order valence-corrected chi connectivity index (χ4v) is 2.37. The van der Waals surface area contributed by atoms with Gasteiger partial charge in [-0.1, -0.05) is 6.08 Å². The summed E-state index contributed by atoms with van der Waals surface area (Å²) < 4.78 is 3.09. The van der Waals surface area contributed by atoms with Crippen molar-refractivity contribution in [3.63, 3.8) is 0 Å². The van der Waals surface area contributed by atoms with Gasteiger partial charge in [0.15, 0.2) is 5.96 Å². The summed E-state index contributed by atoms with van der Waals surface area (Å²) in [6.07, 6.45) is 3.77. The molecule has 0 radical (unpaired) electrons. The molecule has 0 atom stereocenters. The largest absolute Gasteiger partial charge is 0.353 e. The normalized spacial score (nSPS) is 10.7. The van der Waals surface area contributed by atoms with Crippen molar-refractivity contribution in [3.8, 4) is 0 Å². The van der Waals surface area contributed by atoms with Crippen LogP contribution in [0, 0.1) is 0 Å². The van der Waals surface area contributed by atoms with Crippen LogP contribution in [0.25, 0.3) is 0 Å². The Morgan fingerprint density at radius 1 is 1.48 bits per heavy atom. The Balaban J connectivity index is 0.00000484. The summed E-state index contributed by atoms with van der Waals surface area (Å²) in [5, 5.41) is 3.18. The zero-order valence-electron chi connectivity index (χ0n) is 14.0. The lowest BCUT2D eigenvalue weighted by atomic mass is 10.4. The van der Waals surface area contributed by atoms with Crippen LogP contribution >= 0.6 is 39.9 Å². The van der Waals surface area contributed by atoms with E-state index in [-0.39, 0.29) is 36.4 Å². The number of amides is 1. The van der Waals surface area contributed by atoms with Gasteiger partial charge in [0.25, 0.3) is 0 Å². The molecule has 8 heteroatoms. The zero-order chi connectivity index (χ0) is 16.7. The zero-order valence-corrected chi connectivity index (χ0v) is 18.0. The maximum absolute atomic E-state index is 11.7. The molecule has 1 aromatic heterocycles. The topological polar surface area (TPSA) is 52.9 Å². The quantitative estimate of drug-likeness (QED) is 0.283. The molecule has 0 aliphatic carbocycles. The molecule has 1 aromatic rings. The van der Waals surface area contributed by atoms with Crippen molar-refractivity contribution in [2.75, 3.05) is 34.2 Å². The molecule has 1 heterocycles. The van der Waals surface area contributed by atoms with E-state index in [1.54, 1.807) is 20.2 Å². The molecular formula is C15H25BrIN5O. The first-order valence-electron chi connectivity index (χ1n) is 6.96. The monoisotopic (exact) mass is 497 g/mol. The molecule has 130 valence electrons. The van der Waals surface area contributed by atoms with Gasteiger partial charge in [-0.15, -0.1) is 30.6 Å². The van der Waals surface area contributed by atoms with E-state index < -0.39 is 0 Å². The third-order valence-electron chi connectivity index (χ3n) is 3.10. The van der Waals surface area contributed by atoms with E-state index in [0.717, 1.165) is 10.2 Å². The number of rotatable bonds is 6. The van der Waals surface area contributed by atoms with Gasteiger partial charge in [0, 0.05) is 51.1 Å². The van der Waals surface area contributed by atoms with Crippen molar-refractivity contribution in [2.24, 2.45) is 12.0 Å². The second-order valence-corrected chi connectivity index (χ2v) is 6.13. The summed E-state index contributed by atoms with van der Waals surface area (Å²) in [6.45, 7) is 5.09. The van der Waals surface area contributed by atoms with Crippen molar-refractivity contribution in [1.82, 2.24) is 19.7 Å². The average molecular weight is 498 g/mol. The smallest absolute Gasteiger partial charge is 0.243 e. The SMILES string of the molecule is C=CCNC(=NCC(=O)N(C)C)N(C)Cc1cc(Br)cn1C.I. The van der Waals surface area contributed by atoms with Crippen LogP contribution in [0.1, 0.15) is 5.69 Å². The Labute approximate surface area is 163 Å². The van der Waals surface area contributed by atoms with Gasteiger partial charge in [-0.25, -0.2) is 4.99 Å². The molecule has 0 saturated heterocycles. The molecule has 0 bridgehead atoms. The van der Waals surface area contributed by atoms with Crippen LogP contribution in [-0.4, -0.2) is 60.5 Å². The summed E-state index contributed by atoms with van der Waals surface area (Å²) in [5.41, 5.74) is 1.14. The molecule has 1 rings (SSSR count). The van der Waals surface area contributed by atoms with Gasteiger partial charge < -0.3 is 19.7 Å². The van der Waals surface area contributed by atoms with Crippen molar-refractivity contribution >= 4 is 51.8 Å². The molecule has 23 heavy (non-hydrogen) atoms. The minimum absolute atomic E-state index is 0. The predicted molar refractivity (Wildman–Crippen MR) is 109 cm³/mol. The van der Waals surface area contributed by atoms with Gasteiger partial charge in [-0.05, 0) is 22.0 Å². The molecule has 0 aliphatic rings. The second kappa shape index (κ2) is 10.7. The summed E-state index contributed by atoms with van der Waals surface area (Å²) >= 11 is 3.47. The molecule has 0 unspecified atom stereocenters. The van der Waals surface area contributed by atoms with Crippen LogP contribution < -0.4 is 5.32 Å². The van der Waals surface area contributed by atoms with E-state index in [1.807, 2.05) is 25.2 Å². The molecule has 0 spiro atoms. The lowest BCUT2D eigenvalue weighted by molar-refractivity contribution is -0.127. The van der Waals surface area contributed by atoms with Crippen LogP contribution in [-0.2, 0) is 18.4 Å². The highest BCUT2D eigenvalue weighted by Crippen LogP contribution is 2.14. The Hall–Kier alpha value is -1.03. The molecule has 0 aromatic carbocycles. The number of likely N-dealkylation sites (N-methyl/N-ethyl adjacent to an activating group) is 1. The van der Waals surface area contributed by atoms with E-state index in [1.165, 1.54) is 4.90 Å². The van der Waals surface area contributed by atoms with Crippen LogP contribution in [0.15, 0.2) is 34.4 Å². The number of nitrogens with zero attached hydrogens (tertiary/aromatic N) is 4. The lowest BCUT2D eigenvalue weighted by Crippen LogP contribution is -2.40. The number of aromatic nitrogens is 1. The first kappa shape index (κ1) is 22.0. The van der Waals surface area contributed by atoms with Crippen LogP contribution in [0.5, 0.6) is 0 Å². The molecule has 0 saturated carbocycles. The van der Waals surface area contributed by atoms with E-state index in [4.69, 9.17) is 0 Å². The van der Waals surface area contributed by atoms with Crippen molar-refractivity contribution in [1.29, 1.82) is 0 Å². The summed E-state index contributed by atoms with van der Waals surface area (Å²) in [4.78, 5) is 19.6. The molecule has 1 N–H and O–H groups in total. The van der Waals surface area contributed by atoms with Gasteiger partial charge in [0.2, 0.25) is 5.91 Å². The Morgan fingerprint density at radius 3 is 2.61 bits per heavy atom. The van der Waals surface area contributed by atoms with Gasteiger partial charge in [-0.3, -0.25) is 4.79 Å². The third kappa shape index (κ3) is 7.38. The highest BCUT2D eigenvalue weighted by molar-refractivity contribution is 14.0. The van der Waals surface area contributed by atoms with Gasteiger partial charge >= 0.3 is 0 Å². The molecular weight excluding hydrogens is 473 g/mol. The lowest BCUT2D eigenvalue weighted by Gasteiger charge is -2.22. The van der Waals surface area contributed by atoms with Gasteiger partial charge in [0.05, 0.1) is 6.54 Å². The summed E-state index contributed by atoms with van der Waals surface area (Å²) in [5.74, 6) is 0.639.